The molecule has 0 aliphatic carbocycles. The van der Waals surface area contributed by atoms with E-state index in [0.29, 0.717) is 30.7 Å². The van der Waals surface area contributed by atoms with Gasteiger partial charge in [-0.1, -0.05) is 34.1 Å². The van der Waals surface area contributed by atoms with Crippen LogP contribution in [-0.4, -0.2) is 16.6 Å². The summed E-state index contributed by atoms with van der Waals surface area (Å²) >= 11 is 3.46. The average molecular weight is 324 g/mol. The lowest BCUT2D eigenvalue weighted by molar-refractivity contribution is 0.286. The zero-order valence-electron chi connectivity index (χ0n) is 10.5. The predicted octanol–water partition coefficient (Wildman–Crippen LogP) is 2.80. The summed E-state index contributed by atoms with van der Waals surface area (Å²) in [5.41, 5.74) is 7.21. The number of ether oxygens (including phenoxy) is 2. The fraction of sp³-hybridized carbons (Fsp3) is 0.231. The maximum atomic E-state index is 5.88. The maximum absolute atomic E-state index is 5.88. The number of nitrogens with two attached hydrogens (primary N) is 1. The van der Waals surface area contributed by atoms with Crippen molar-refractivity contribution >= 4 is 21.6 Å². The molecule has 0 amide bonds. The van der Waals surface area contributed by atoms with Crippen molar-refractivity contribution < 1.29 is 9.47 Å². The van der Waals surface area contributed by atoms with Crippen molar-refractivity contribution in [3.63, 3.8) is 0 Å². The van der Waals surface area contributed by atoms with Crippen LogP contribution in [0.3, 0.4) is 0 Å². The molecule has 0 saturated heterocycles. The number of rotatable bonds is 5. The third-order valence-corrected chi connectivity index (χ3v) is 3.19. The lowest BCUT2D eigenvalue weighted by atomic mass is 10.2. The average Bonchev–Trinajstić information content (AvgIpc) is 2.42. The molecule has 5 nitrogen and oxygen atoms in total. The van der Waals surface area contributed by atoms with Crippen LogP contribution in [0.5, 0.6) is 11.8 Å². The Morgan fingerprint density at radius 1 is 1.16 bits per heavy atom. The first-order valence-corrected chi connectivity index (χ1v) is 6.61. The molecule has 1 aromatic heterocycles. The monoisotopic (exact) mass is 323 g/mol. The van der Waals surface area contributed by atoms with Gasteiger partial charge in [-0.05, 0) is 13.0 Å². The molecule has 0 aliphatic heterocycles. The minimum Gasteiger partial charge on any atom is -0.476 e. The molecule has 0 atom stereocenters. The lowest BCUT2D eigenvalue weighted by Gasteiger charge is -2.11. The second-order valence-corrected chi connectivity index (χ2v) is 4.57. The molecular weight excluding hydrogens is 310 g/mol. The first kappa shape index (κ1) is 13.6. The van der Waals surface area contributed by atoms with E-state index in [1.54, 1.807) is 0 Å². The second kappa shape index (κ2) is 6.38. The third kappa shape index (κ3) is 3.35. The first-order chi connectivity index (χ1) is 9.22. The fourth-order valence-corrected chi connectivity index (χ4v) is 1.89. The molecule has 19 heavy (non-hydrogen) atoms. The van der Waals surface area contributed by atoms with Gasteiger partial charge in [0.25, 0.3) is 0 Å². The van der Waals surface area contributed by atoms with E-state index in [0.717, 1.165) is 10.0 Å². The SMILES string of the molecule is CCOc1ncnc(OCc2ccccc2Br)c1N. The van der Waals surface area contributed by atoms with E-state index >= 15 is 0 Å². The summed E-state index contributed by atoms with van der Waals surface area (Å²) in [5, 5.41) is 0. The van der Waals surface area contributed by atoms with Gasteiger partial charge >= 0.3 is 0 Å². The molecular formula is C13H14BrN3O2. The molecule has 0 unspecified atom stereocenters. The Balaban J connectivity index is 2.12. The van der Waals surface area contributed by atoms with Crippen LogP contribution in [0.25, 0.3) is 0 Å². The van der Waals surface area contributed by atoms with Gasteiger partial charge < -0.3 is 15.2 Å². The quantitative estimate of drug-likeness (QED) is 0.916. The van der Waals surface area contributed by atoms with Gasteiger partial charge in [0.2, 0.25) is 11.8 Å². The van der Waals surface area contributed by atoms with Crippen LogP contribution in [0.1, 0.15) is 12.5 Å². The van der Waals surface area contributed by atoms with Gasteiger partial charge in [-0.25, -0.2) is 0 Å². The van der Waals surface area contributed by atoms with E-state index in [-0.39, 0.29) is 0 Å². The van der Waals surface area contributed by atoms with Crippen LogP contribution in [0.4, 0.5) is 5.69 Å². The van der Waals surface area contributed by atoms with Gasteiger partial charge in [0.1, 0.15) is 12.9 Å². The van der Waals surface area contributed by atoms with Crippen LogP contribution >= 0.6 is 15.9 Å². The Morgan fingerprint density at radius 2 is 1.84 bits per heavy atom. The smallest absolute Gasteiger partial charge is 0.244 e. The number of aromatic nitrogens is 2. The van der Waals surface area contributed by atoms with Crippen molar-refractivity contribution in [2.24, 2.45) is 0 Å². The van der Waals surface area contributed by atoms with E-state index in [1.807, 2.05) is 31.2 Å². The molecule has 100 valence electrons. The van der Waals surface area contributed by atoms with Crippen LogP contribution in [-0.2, 0) is 6.61 Å². The highest BCUT2D eigenvalue weighted by molar-refractivity contribution is 9.10. The number of hydrogen-bond acceptors (Lipinski definition) is 5. The highest BCUT2D eigenvalue weighted by Crippen LogP contribution is 2.27. The van der Waals surface area contributed by atoms with Gasteiger partial charge in [-0.2, -0.15) is 9.97 Å². The number of benzene rings is 1. The van der Waals surface area contributed by atoms with Crippen molar-refractivity contribution in [2.75, 3.05) is 12.3 Å². The summed E-state index contributed by atoms with van der Waals surface area (Å²) in [4.78, 5) is 7.97. The molecule has 0 aliphatic rings. The highest BCUT2D eigenvalue weighted by atomic mass is 79.9. The van der Waals surface area contributed by atoms with Crippen LogP contribution in [0.15, 0.2) is 35.1 Å². The Hall–Kier alpha value is -1.82. The number of anilines is 1. The van der Waals surface area contributed by atoms with Crippen LogP contribution < -0.4 is 15.2 Å². The van der Waals surface area contributed by atoms with Crippen molar-refractivity contribution in [1.29, 1.82) is 0 Å². The summed E-state index contributed by atoms with van der Waals surface area (Å²) in [5.74, 6) is 0.675. The molecule has 0 bridgehead atoms. The zero-order chi connectivity index (χ0) is 13.7. The number of halogens is 1. The number of nitrogen functional groups attached to an aromatic ring is 1. The largest absolute Gasteiger partial charge is 0.476 e. The minimum absolute atomic E-state index is 0.316. The molecule has 2 aromatic rings. The predicted molar refractivity (Wildman–Crippen MR) is 76.1 cm³/mol. The topological polar surface area (TPSA) is 70.3 Å². The molecule has 6 heteroatoms. The molecule has 1 aromatic carbocycles. The van der Waals surface area contributed by atoms with Gasteiger partial charge in [0.15, 0.2) is 5.69 Å². The normalized spacial score (nSPS) is 10.2. The maximum Gasteiger partial charge on any atom is 0.244 e. The van der Waals surface area contributed by atoms with Crippen molar-refractivity contribution in [2.45, 2.75) is 13.5 Å². The molecule has 0 radical (unpaired) electrons. The van der Waals surface area contributed by atoms with E-state index in [2.05, 4.69) is 25.9 Å². The molecule has 0 fully saturated rings. The van der Waals surface area contributed by atoms with Gasteiger partial charge in [0.05, 0.1) is 6.61 Å². The number of hydrogen-bond donors (Lipinski definition) is 1. The zero-order valence-corrected chi connectivity index (χ0v) is 12.1. The molecule has 2 rings (SSSR count). The Kier molecular flexibility index (Phi) is 4.57. The van der Waals surface area contributed by atoms with Crippen molar-refractivity contribution in [3.8, 4) is 11.8 Å². The Morgan fingerprint density at radius 3 is 2.53 bits per heavy atom. The summed E-state index contributed by atoms with van der Waals surface area (Å²) < 4.78 is 11.9. The molecule has 0 spiro atoms. The Bertz CT molecular complexity index is 563. The Labute approximate surface area is 119 Å². The molecule has 0 saturated carbocycles. The number of nitrogens with zero attached hydrogens (tertiary/aromatic N) is 2. The van der Waals surface area contributed by atoms with E-state index in [9.17, 15) is 0 Å². The van der Waals surface area contributed by atoms with Gasteiger partial charge in [-0.15, -0.1) is 0 Å². The second-order valence-electron chi connectivity index (χ2n) is 3.71. The molecule has 2 N–H and O–H groups in total. The molecule has 1 heterocycles. The van der Waals surface area contributed by atoms with Gasteiger partial charge in [-0.3, -0.25) is 0 Å². The summed E-state index contributed by atoms with van der Waals surface area (Å²) in [6.45, 7) is 2.72. The summed E-state index contributed by atoms with van der Waals surface area (Å²) in [6, 6.07) is 7.80. The first-order valence-electron chi connectivity index (χ1n) is 5.81. The van der Waals surface area contributed by atoms with Crippen LogP contribution in [0.2, 0.25) is 0 Å². The van der Waals surface area contributed by atoms with Crippen molar-refractivity contribution in [1.82, 2.24) is 9.97 Å². The van der Waals surface area contributed by atoms with E-state index in [4.69, 9.17) is 15.2 Å². The summed E-state index contributed by atoms with van der Waals surface area (Å²) in [6.07, 6.45) is 1.37. The summed E-state index contributed by atoms with van der Waals surface area (Å²) in [7, 11) is 0. The minimum atomic E-state index is 0.316. The van der Waals surface area contributed by atoms with E-state index < -0.39 is 0 Å². The lowest BCUT2D eigenvalue weighted by Crippen LogP contribution is -2.05. The van der Waals surface area contributed by atoms with E-state index in [1.165, 1.54) is 6.33 Å². The fourth-order valence-electron chi connectivity index (χ4n) is 1.49. The van der Waals surface area contributed by atoms with Crippen LogP contribution in [0, 0.1) is 0 Å². The van der Waals surface area contributed by atoms with Gasteiger partial charge in [0, 0.05) is 10.0 Å². The van der Waals surface area contributed by atoms with Crippen molar-refractivity contribution in [3.05, 3.63) is 40.6 Å². The highest BCUT2D eigenvalue weighted by Gasteiger charge is 2.10. The third-order valence-electron chi connectivity index (χ3n) is 2.41. The standard InChI is InChI=1S/C13H14BrN3O2/c1-2-18-12-11(15)13(17-8-16-12)19-7-9-5-3-4-6-10(9)14/h3-6,8H,2,7,15H2,1H3.